The zero-order valence-corrected chi connectivity index (χ0v) is 33.5. The lowest BCUT2D eigenvalue weighted by atomic mass is 9.91. The first-order valence-corrected chi connectivity index (χ1v) is 20.3. The number of amides is 2. The minimum absolute atomic E-state index is 0.0202. The predicted octanol–water partition coefficient (Wildman–Crippen LogP) is 8.46. The van der Waals surface area contributed by atoms with E-state index in [0.717, 1.165) is 33.4 Å². The highest BCUT2D eigenvalue weighted by molar-refractivity contribution is 7.07. The summed E-state index contributed by atoms with van der Waals surface area (Å²) in [7, 11) is 0. The van der Waals surface area contributed by atoms with Crippen LogP contribution in [0.15, 0.2) is 114 Å². The molecule has 1 unspecified atom stereocenters. The summed E-state index contributed by atoms with van der Waals surface area (Å²) in [6, 6.07) is 30.9. The molecular weight excluding hydrogens is 811 g/mol. The second-order valence-electron chi connectivity index (χ2n) is 14.1. The summed E-state index contributed by atoms with van der Waals surface area (Å²) in [6.45, 7) is 0.618. The van der Waals surface area contributed by atoms with Crippen molar-refractivity contribution in [2.45, 2.75) is 44.2 Å². The lowest BCUT2D eigenvalue weighted by molar-refractivity contribution is -0.142. The van der Waals surface area contributed by atoms with E-state index >= 15 is 0 Å². The van der Waals surface area contributed by atoms with Crippen molar-refractivity contribution >= 4 is 52.3 Å². The quantitative estimate of drug-likeness (QED) is 0.131. The van der Waals surface area contributed by atoms with Crippen LogP contribution in [-0.4, -0.2) is 51.5 Å². The van der Waals surface area contributed by atoms with Crippen molar-refractivity contribution in [1.82, 2.24) is 15.2 Å². The fourth-order valence-electron chi connectivity index (χ4n) is 7.08. The average molecular weight is 846 g/mol. The number of carboxylic acid groups (broad SMARTS) is 1. The SMILES string of the molecule is N#Cc1ccc(-c2ccc(C[C@H](NC(=O)[C@@H]3Cc4cc5c(cc4CN3C(=O)c3cscn3)OC(c3ccc(OCc4ccc(Cl)c(Cl)c4)cc3)CO5)C(=O)O)cc2)cc1. The van der Waals surface area contributed by atoms with Gasteiger partial charge in [-0.3, -0.25) is 9.59 Å². The molecule has 59 heavy (non-hydrogen) atoms. The van der Waals surface area contributed by atoms with Crippen molar-refractivity contribution < 1.29 is 33.7 Å². The number of carbonyl (C=O) groups is 3. The van der Waals surface area contributed by atoms with Crippen LogP contribution in [0.5, 0.6) is 17.2 Å². The van der Waals surface area contributed by atoms with E-state index < -0.39 is 36.0 Å². The number of benzene rings is 5. The summed E-state index contributed by atoms with van der Waals surface area (Å²) in [5, 5.41) is 24.6. The highest BCUT2D eigenvalue weighted by Gasteiger charge is 2.38. The van der Waals surface area contributed by atoms with Crippen molar-refractivity contribution in [3.63, 3.8) is 0 Å². The van der Waals surface area contributed by atoms with E-state index in [4.69, 9.17) is 42.7 Å². The van der Waals surface area contributed by atoms with E-state index in [0.29, 0.717) is 45.0 Å². The maximum atomic E-state index is 14.1. The Bertz CT molecular complexity index is 2560. The number of aromatic nitrogens is 1. The van der Waals surface area contributed by atoms with Crippen molar-refractivity contribution in [3.05, 3.63) is 163 Å². The van der Waals surface area contributed by atoms with Gasteiger partial charge in [-0.05, 0) is 87.5 Å². The number of halogens is 2. The van der Waals surface area contributed by atoms with Crippen LogP contribution in [0.25, 0.3) is 11.1 Å². The van der Waals surface area contributed by atoms with Gasteiger partial charge in [0.2, 0.25) is 5.91 Å². The number of hydrogen-bond donors (Lipinski definition) is 2. The molecule has 14 heteroatoms. The Morgan fingerprint density at radius 1 is 0.915 bits per heavy atom. The lowest BCUT2D eigenvalue weighted by Crippen LogP contribution is -2.56. The van der Waals surface area contributed by atoms with Gasteiger partial charge in [-0.15, -0.1) is 11.3 Å². The Hall–Kier alpha value is -6.39. The van der Waals surface area contributed by atoms with Gasteiger partial charge in [-0.1, -0.05) is 77.8 Å². The molecular formula is C45H34Cl2N4O7S. The highest BCUT2D eigenvalue weighted by Crippen LogP contribution is 2.41. The van der Waals surface area contributed by atoms with E-state index in [1.807, 2.05) is 78.9 Å². The highest BCUT2D eigenvalue weighted by atomic mass is 35.5. The number of ether oxygens (including phenoxy) is 3. The van der Waals surface area contributed by atoms with Crippen molar-refractivity contribution in [3.8, 4) is 34.4 Å². The number of nitrogens with one attached hydrogen (secondary N) is 1. The molecule has 2 N–H and O–H groups in total. The summed E-state index contributed by atoms with van der Waals surface area (Å²) >= 11 is 13.4. The maximum Gasteiger partial charge on any atom is 0.326 e. The van der Waals surface area contributed by atoms with Gasteiger partial charge in [0.15, 0.2) is 17.6 Å². The molecule has 3 atom stereocenters. The number of thiazole rings is 1. The molecule has 0 fully saturated rings. The van der Waals surface area contributed by atoms with Crippen molar-refractivity contribution in [2.24, 2.45) is 0 Å². The molecule has 296 valence electrons. The number of nitrogens with zero attached hydrogens (tertiary/aromatic N) is 3. The van der Waals surface area contributed by atoms with E-state index in [-0.39, 0.29) is 31.7 Å². The molecule has 0 bridgehead atoms. The molecule has 0 saturated heterocycles. The molecule has 8 rings (SSSR count). The van der Waals surface area contributed by atoms with Gasteiger partial charge in [-0.2, -0.15) is 5.26 Å². The Morgan fingerprint density at radius 3 is 2.31 bits per heavy atom. The van der Waals surface area contributed by atoms with Crippen LogP contribution in [-0.2, 0) is 35.6 Å². The molecule has 0 spiro atoms. The first kappa shape index (κ1) is 39.4. The topological polar surface area (TPSA) is 151 Å². The zero-order chi connectivity index (χ0) is 41.0. The van der Waals surface area contributed by atoms with Crippen LogP contribution >= 0.6 is 34.5 Å². The zero-order valence-electron chi connectivity index (χ0n) is 31.1. The number of rotatable bonds is 11. The van der Waals surface area contributed by atoms with E-state index in [1.165, 1.54) is 16.2 Å². The first-order valence-electron chi connectivity index (χ1n) is 18.6. The van der Waals surface area contributed by atoms with E-state index in [9.17, 15) is 19.5 Å². The summed E-state index contributed by atoms with van der Waals surface area (Å²) in [4.78, 5) is 46.1. The van der Waals surface area contributed by atoms with Crippen LogP contribution in [0.2, 0.25) is 10.0 Å². The van der Waals surface area contributed by atoms with Crippen LogP contribution in [0, 0.1) is 11.3 Å². The number of nitriles is 1. The van der Waals surface area contributed by atoms with Gasteiger partial charge < -0.3 is 29.5 Å². The van der Waals surface area contributed by atoms with Gasteiger partial charge in [0.1, 0.15) is 36.7 Å². The fourth-order valence-corrected chi connectivity index (χ4v) is 7.92. The van der Waals surface area contributed by atoms with Gasteiger partial charge in [0.05, 0.1) is 27.2 Å². The number of aliphatic carboxylic acids is 1. The van der Waals surface area contributed by atoms with Gasteiger partial charge in [0, 0.05) is 24.8 Å². The third-order valence-electron chi connectivity index (χ3n) is 10.3. The minimum Gasteiger partial charge on any atom is -0.489 e. The third kappa shape index (κ3) is 8.88. The molecule has 11 nitrogen and oxygen atoms in total. The smallest absolute Gasteiger partial charge is 0.326 e. The van der Waals surface area contributed by atoms with Gasteiger partial charge in [0.25, 0.3) is 5.91 Å². The largest absolute Gasteiger partial charge is 0.489 e. The van der Waals surface area contributed by atoms with Crippen LogP contribution in [0.1, 0.15) is 50.0 Å². The third-order valence-corrected chi connectivity index (χ3v) is 11.6. The summed E-state index contributed by atoms with van der Waals surface area (Å²) in [5.74, 6) is -0.577. The summed E-state index contributed by atoms with van der Waals surface area (Å²) in [6.07, 6.45) is -0.279. The molecule has 0 saturated carbocycles. The number of hydrogen-bond acceptors (Lipinski definition) is 9. The first-order chi connectivity index (χ1) is 28.6. The van der Waals surface area contributed by atoms with Gasteiger partial charge >= 0.3 is 5.97 Å². The molecule has 3 heterocycles. The second-order valence-corrected chi connectivity index (χ2v) is 15.6. The second kappa shape index (κ2) is 17.2. The van der Waals surface area contributed by atoms with Crippen molar-refractivity contribution in [1.29, 1.82) is 5.26 Å². The molecule has 2 aliphatic heterocycles. The molecule has 0 aliphatic carbocycles. The van der Waals surface area contributed by atoms with E-state index in [1.54, 1.807) is 35.2 Å². The standard InChI is InChI=1S/C45H34Cl2N4O7S/c46-35-14-5-28(15-36(35)47)22-56-34-12-10-31(11-13-34)42-23-57-40-18-32-17-39(51(21-33(32)19-41(40)58-42)44(53)38-24-59-25-49-38)43(52)50-37(45(54)55)16-26-1-6-29(7-2-26)30-8-3-27(20-48)4-9-30/h1-15,18-19,24-25,37,39,42H,16-17,21-23H2,(H,50,52)(H,54,55)/t37-,39-,42?/m0/s1. The van der Waals surface area contributed by atoms with Crippen LogP contribution in [0.4, 0.5) is 0 Å². The van der Waals surface area contributed by atoms with Crippen LogP contribution < -0.4 is 19.5 Å². The number of carboxylic acids is 1. The number of carbonyl (C=O) groups excluding carboxylic acids is 2. The lowest BCUT2D eigenvalue weighted by Gasteiger charge is -2.37. The molecule has 2 amide bonds. The number of fused-ring (bicyclic) bond motifs is 2. The Balaban J connectivity index is 0.964. The molecule has 5 aromatic carbocycles. The molecule has 6 aromatic rings. The summed E-state index contributed by atoms with van der Waals surface area (Å²) < 4.78 is 18.6. The van der Waals surface area contributed by atoms with Crippen LogP contribution in [0.3, 0.4) is 0 Å². The Labute approximate surface area is 353 Å². The minimum atomic E-state index is -1.26. The molecule has 1 aromatic heterocycles. The van der Waals surface area contributed by atoms with E-state index in [2.05, 4.69) is 16.4 Å². The maximum absolute atomic E-state index is 14.1. The normalized spacial score (nSPS) is 16.0. The Kier molecular flexibility index (Phi) is 11.5. The molecule has 0 radical (unpaired) electrons. The average Bonchev–Trinajstić information content (AvgIpc) is 3.81. The molecule has 2 aliphatic rings. The summed E-state index contributed by atoms with van der Waals surface area (Å²) in [5.41, 5.74) is 8.11. The Morgan fingerprint density at radius 2 is 1.63 bits per heavy atom. The monoisotopic (exact) mass is 844 g/mol. The van der Waals surface area contributed by atoms with Crippen molar-refractivity contribution in [2.75, 3.05) is 6.61 Å². The predicted molar refractivity (Wildman–Crippen MR) is 222 cm³/mol. The fraction of sp³-hybridized carbons (Fsp3) is 0.178. The van der Waals surface area contributed by atoms with Gasteiger partial charge in [-0.25, -0.2) is 9.78 Å².